The maximum Gasteiger partial charge on any atom is 0.228 e. The molecule has 78 valence electrons. The van der Waals surface area contributed by atoms with E-state index in [2.05, 4.69) is 25.9 Å². The van der Waals surface area contributed by atoms with Crippen molar-refractivity contribution >= 4 is 27.2 Å². The Balaban J connectivity index is 2.23. The molecule has 4 heteroatoms. The van der Waals surface area contributed by atoms with Crippen molar-refractivity contribution in [1.29, 1.82) is 0 Å². The van der Waals surface area contributed by atoms with Crippen molar-refractivity contribution < 1.29 is 4.42 Å². The van der Waals surface area contributed by atoms with Crippen molar-refractivity contribution in [2.24, 2.45) is 0 Å². The Hall–Kier alpha value is -1.68. The average Bonchev–Trinajstić information content (AvgIpc) is 2.76. The van der Waals surface area contributed by atoms with Crippen molar-refractivity contribution in [2.75, 3.05) is 0 Å². The number of halogens is 1. The molecule has 0 N–H and O–H groups in total. The molecule has 2 aromatic heterocycles. The summed E-state index contributed by atoms with van der Waals surface area (Å²) in [5.41, 5.74) is 2.25. The summed E-state index contributed by atoms with van der Waals surface area (Å²) in [5.74, 6) is 0.593. The van der Waals surface area contributed by atoms with E-state index in [4.69, 9.17) is 4.42 Å². The zero-order valence-electron chi connectivity index (χ0n) is 8.22. The fourth-order valence-electron chi connectivity index (χ4n) is 1.51. The third-order valence-corrected chi connectivity index (χ3v) is 2.89. The standard InChI is InChI=1S/C12H7BrN2O/c13-9-6-7-14-11-10(9)16-12(15-11)8-4-2-1-3-5-8/h1-7H. The van der Waals surface area contributed by atoms with Crippen LogP contribution in [0.25, 0.3) is 22.7 Å². The molecular weight excluding hydrogens is 268 g/mol. The largest absolute Gasteiger partial charge is 0.433 e. The van der Waals surface area contributed by atoms with Crippen LogP contribution in [0, 0.1) is 0 Å². The predicted molar refractivity (Wildman–Crippen MR) is 64.9 cm³/mol. The van der Waals surface area contributed by atoms with Gasteiger partial charge in [0.15, 0.2) is 11.2 Å². The maximum absolute atomic E-state index is 5.66. The Morgan fingerprint density at radius 1 is 1.06 bits per heavy atom. The van der Waals surface area contributed by atoms with E-state index >= 15 is 0 Å². The number of oxazole rings is 1. The summed E-state index contributed by atoms with van der Waals surface area (Å²) < 4.78 is 6.53. The molecule has 0 bridgehead atoms. The van der Waals surface area contributed by atoms with E-state index in [1.165, 1.54) is 0 Å². The van der Waals surface area contributed by atoms with Gasteiger partial charge in [-0.3, -0.25) is 0 Å². The second-order valence-electron chi connectivity index (χ2n) is 3.33. The first-order valence-corrected chi connectivity index (χ1v) is 5.60. The smallest absolute Gasteiger partial charge is 0.228 e. The van der Waals surface area contributed by atoms with Crippen LogP contribution >= 0.6 is 15.9 Å². The highest BCUT2D eigenvalue weighted by Gasteiger charge is 2.10. The van der Waals surface area contributed by atoms with Crippen LogP contribution in [-0.2, 0) is 0 Å². The van der Waals surface area contributed by atoms with E-state index in [1.807, 2.05) is 36.4 Å². The number of hydrogen-bond acceptors (Lipinski definition) is 3. The van der Waals surface area contributed by atoms with Crippen LogP contribution in [0.3, 0.4) is 0 Å². The molecule has 3 aromatic rings. The summed E-state index contributed by atoms with van der Waals surface area (Å²) in [7, 11) is 0. The van der Waals surface area contributed by atoms with Crippen LogP contribution < -0.4 is 0 Å². The van der Waals surface area contributed by atoms with Crippen molar-refractivity contribution in [2.45, 2.75) is 0 Å². The maximum atomic E-state index is 5.66. The summed E-state index contributed by atoms with van der Waals surface area (Å²) in [6, 6.07) is 11.6. The lowest BCUT2D eigenvalue weighted by atomic mass is 10.2. The van der Waals surface area contributed by atoms with Gasteiger partial charge in [0, 0.05) is 11.8 Å². The SMILES string of the molecule is Brc1ccnc2nc(-c3ccccc3)oc12. The van der Waals surface area contributed by atoms with Gasteiger partial charge in [0.25, 0.3) is 0 Å². The minimum Gasteiger partial charge on any atom is -0.433 e. The molecule has 16 heavy (non-hydrogen) atoms. The van der Waals surface area contributed by atoms with Crippen LogP contribution in [0.5, 0.6) is 0 Å². The van der Waals surface area contributed by atoms with Gasteiger partial charge in [-0.15, -0.1) is 0 Å². The Morgan fingerprint density at radius 2 is 1.88 bits per heavy atom. The van der Waals surface area contributed by atoms with Crippen LogP contribution in [0.1, 0.15) is 0 Å². The van der Waals surface area contributed by atoms with E-state index in [0.29, 0.717) is 17.1 Å². The van der Waals surface area contributed by atoms with E-state index in [9.17, 15) is 0 Å². The van der Waals surface area contributed by atoms with Crippen molar-refractivity contribution in [3.05, 3.63) is 47.1 Å². The van der Waals surface area contributed by atoms with Gasteiger partial charge in [0.05, 0.1) is 4.47 Å². The fraction of sp³-hybridized carbons (Fsp3) is 0. The van der Waals surface area contributed by atoms with Gasteiger partial charge in [-0.1, -0.05) is 18.2 Å². The van der Waals surface area contributed by atoms with Crippen LogP contribution in [0.15, 0.2) is 51.5 Å². The fourth-order valence-corrected chi connectivity index (χ4v) is 1.88. The van der Waals surface area contributed by atoms with E-state index < -0.39 is 0 Å². The molecule has 0 aliphatic rings. The first-order valence-electron chi connectivity index (χ1n) is 4.81. The monoisotopic (exact) mass is 274 g/mol. The lowest BCUT2D eigenvalue weighted by Gasteiger charge is -1.91. The quantitative estimate of drug-likeness (QED) is 0.680. The number of nitrogens with zero attached hydrogens (tertiary/aromatic N) is 2. The summed E-state index contributed by atoms with van der Waals surface area (Å²) >= 11 is 3.41. The lowest BCUT2D eigenvalue weighted by Crippen LogP contribution is -1.76. The second kappa shape index (κ2) is 3.72. The molecule has 0 saturated heterocycles. The molecule has 3 nitrogen and oxygen atoms in total. The van der Waals surface area contributed by atoms with Gasteiger partial charge >= 0.3 is 0 Å². The van der Waals surface area contributed by atoms with E-state index in [1.54, 1.807) is 6.20 Å². The Morgan fingerprint density at radius 3 is 2.62 bits per heavy atom. The Bertz CT molecular complexity index is 634. The van der Waals surface area contributed by atoms with Crippen molar-refractivity contribution in [1.82, 2.24) is 9.97 Å². The molecule has 0 saturated carbocycles. The topological polar surface area (TPSA) is 38.9 Å². The number of hydrogen-bond donors (Lipinski definition) is 0. The van der Waals surface area contributed by atoms with Crippen molar-refractivity contribution in [3.63, 3.8) is 0 Å². The number of benzene rings is 1. The molecule has 0 aliphatic heterocycles. The van der Waals surface area contributed by atoms with Gasteiger partial charge in [-0.05, 0) is 34.1 Å². The predicted octanol–water partition coefficient (Wildman–Crippen LogP) is 3.65. The number of aromatic nitrogens is 2. The van der Waals surface area contributed by atoms with Gasteiger partial charge < -0.3 is 4.42 Å². The Kier molecular flexibility index (Phi) is 2.22. The average molecular weight is 275 g/mol. The van der Waals surface area contributed by atoms with Gasteiger partial charge in [-0.2, -0.15) is 4.98 Å². The first kappa shape index (κ1) is 9.54. The second-order valence-corrected chi connectivity index (χ2v) is 4.18. The number of fused-ring (bicyclic) bond motifs is 1. The molecular formula is C12H7BrN2O. The molecule has 1 aromatic carbocycles. The zero-order chi connectivity index (χ0) is 11.0. The van der Waals surface area contributed by atoms with Gasteiger partial charge in [0.2, 0.25) is 5.89 Å². The highest BCUT2D eigenvalue weighted by molar-refractivity contribution is 9.10. The van der Waals surface area contributed by atoms with Crippen LogP contribution in [0.4, 0.5) is 0 Å². The molecule has 0 amide bonds. The summed E-state index contributed by atoms with van der Waals surface area (Å²) in [4.78, 5) is 8.49. The van der Waals surface area contributed by atoms with Crippen LogP contribution in [0.2, 0.25) is 0 Å². The molecule has 0 unspecified atom stereocenters. The van der Waals surface area contributed by atoms with Gasteiger partial charge in [-0.25, -0.2) is 4.98 Å². The third-order valence-electron chi connectivity index (χ3n) is 2.26. The minimum atomic E-state index is 0.593. The molecule has 0 aliphatic carbocycles. The highest BCUT2D eigenvalue weighted by atomic mass is 79.9. The summed E-state index contributed by atoms with van der Waals surface area (Å²) in [5, 5.41) is 0. The third kappa shape index (κ3) is 1.51. The zero-order valence-corrected chi connectivity index (χ0v) is 9.81. The lowest BCUT2D eigenvalue weighted by molar-refractivity contribution is 0.618. The Labute approximate surface area is 100 Å². The summed E-state index contributed by atoms with van der Waals surface area (Å²) in [6.07, 6.45) is 1.70. The normalized spacial score (nSPS) is 10.8. The number of rotatable bonds is 1. The molecule has 0 spiro atoms. The number of pyridine rings is 1. The minimum absolute atomic E-state index is 0.593. The molecule has 0 fully saturated rings. The first-order chi connectivity index (χ1) is 7.84. The highest BCUT2D eigenvalue weighted by Crippen LogP contribution is 2.27. The summed E-state index contributed by atoms with van der Waals surface area (Å²) in [6.45, 7) is 0. The molecule has 0 atom stereocenters. The van der Waals surface area contributed by atoms with E-state index in [0.717, 1.165) is 10.0 Å². The van der Waals surface area contributed by atoms with Crippen LogP contribution in [-0.4, -0.2) is 9.97 Å². The molecule has 0 radical (unpaired) electrons. The molecule has 3 rings (SSSR count). The van der Waals surface area contributed by atoms with Gasteiger partial charge in [0.1, 0.15) is 0 Å². The van der Waals surface area contributed by atoms with E-state index in [-0.39, 0.29) is 0 Å². The van der Waals surface area contributed by atoms with Crippen molar-refractivity contribution in [3.8, 4) is 11.5 Å². The molecule has 2 heterocycles.